The van der Waals surface area contributed by atoms with E-state index in [-0.39, 0.29) is 33.9 Å². The molecule has 5 rings (SSSR count). The van der Waals surface area contributed by atoms with Gasteiger partial charge in [0, 0.05) is 43.6 Å². The van der Waals surface area contributed by atoms with E-state index in [2.05, 4.69) is 25.3 Å². The minimum absolute atomic E-state index is 0. The average molecular weight is 562 g/mol. The number of aromatic nitrogens is 4. The monoisotopic (exact) mass is 561 g/mol. The maximum atomic E-state index is 14.5. The number of quaternary nitrogens is 1. The molecule has 3 aromatic rings. The molecule has 5 N–H and O–H groups in total. The van der Waals surface area contributed by atoms with Crippen molar-refractivity contribution in [3.05, 3.63) is 64.6 Å². The van der Waals surface area contributed by atoms with E-state index in [1.165, 1.54) is 24.5 Å². The largest absolute Gasteiger partial charge is 0.550 e. The van der Waals surface area contributed by atoms with Gasteiger partial charge in [-0.25, -0.2) is 27.8 Å². The summed E-state index contributed by atoms with van der Waals surface area (Å²) in [6.45, 7) is 1.01. The van der Waals surface area contributed by atoms with Crippen molar-refractivity contribution < 1.29 is 22.7 Å². The highest BCUT2D eigenvalue weighted by molar-refractivity contribution is 7.91. The molecule has 0 radical (unpaired) electrons. The second kappa shape index (κ2) is 11.0. The number of fused-ring (bicyclic) bond motifs is 1. The first-order valence-corrected chi connectivity index (χ1v) is 13.5. The number of aryl methyl sites for hydroxylation is 1. The number of benzene rings is 1. The van der Waals surface area contributed by atoms with E-state index in [4.69, 9.17) is 11.6 Å². The lowest BCUT2D eigenvalue weighted by Gasteiger charge is -2.28. The van der Waals surface area contributed by atoms with Gasteiger partial charge in [0.2, 0.25) is 5.95 Å². The van der Waals surface area contributed by atoms with Gasteiger partial charge in [-0.3, -0.25) is 0 Å². The molecule has 0 bridgehead atoms. The molecule has 38 heavy (non-hydrogen) atoms. The molecule has 1 aromatic carbocycles. The van der Waals surface area contributed by atoms with E-state index in [0.717, 1.165) is 11.6 Å². The average Bonchev–Trinajstić information content (AvgIpc) is 2.85. The molecule has 0 aliphatic carbocycles. The number of halogens is 2. The molecule has 2 aliphatic heterocycles. The van der Waals surface area contributed by atoms with Crippen LogP contribution in [-0.2, 0) is 27.5 Å². The van der Waals surface area contributed by atoms with Crippen LogP contribution in [0.3, 0.4) is 0 Å². The zero-order chi connectivity index (χ0) is 26.2. The number of nitrogens with one attached hydrogen (secondary N) is 1. The van der Waals surface area contributed by atoms with Crippen molar-refractivity contribution in [2.75, 3.05) is 29.1 Å². The van der Waals surface area contributed by atoms with E-state index >= 15 is 0 Å². The Morgan fingerprint density at radius 2 is 1.95 bits per heavy atom. The summed E-state index contributed by atoms with van der Waals surface area (Å²) in [6.07, 6.45) is 5.99. The number of anilines is 3. The molecule has 0 atom stereocenters. The van der Waals surface area contributed by atoms with Gasteiger partial charge in [-0.15, -0.1) is 0 Å². The SMILES string of the molecule is O=C([O-])Cc1ccc(Nc2nc(N3CC=C(c4ncc(Cl)cn4)CC3)nc3c2S(=O)(=O)CCC3)cc1F.[NH4+]. The maximum Gasteiger partial charge on any atom is 0.227 e. The lowest BCUT2D eigenvalue weighted by atomic mass is 10.1. The number of aliphatic carboxylic acids is 1. The molecule has 200 valence electrons. The van der Waals surface area contributed by atoms with Crippen molar-refractivity contribution in [3.63, 3.8) is 0 Å². The fourth-order valence-corrected chi connectivity index (χ4v) is 6.05. The Bertz CT molecular complexity index is 1520. The van der Waals surface area contributed by atoms with Crippen molar-refractivity contribution >= 4 is 50.4 Å². The number of rotatable bonds is 6. The number of sulfone groups is 1. The third kappa shape index (κ3) is 5.74. The summed E-state index contributed by atoms with van der Waals surface area (Å²) in [5, 5.41) is 14.2. The first kappa shape index (κ1) is 27.4. The van der Waals surface area contributed by atoms with Crippen molar-refractivity contribution in [1.29, 1.82) is 0 Å². The van der Waals surface area contributed by atoms with E-state index in [0.29, 0.717) is 54.8 Å². The van der Waals surface area contributed by atoms with Crippen LogP contribution < -0.4 is 21.5 Å². The van der Waals surface area contributed by atoms with Gasteiger partial charge in [0.15, 0.2) is 21.5 Å². The Morgan fingerprint density at radius 3 is 2.61 bits per heavy atom. The molecule has 11 nitrogen and oxygen atoms in total. The minimum atomic E-state index is -3.65. The van der Waals surface area contributed by atoms with Crippen LogP contribution >= 0.6 is 11.6 Å². The molecule has 14 heteroatoms. The highest BCUT2D eigenvalue weighted by Crippen LogP contribution is 2.34. The van der Waals surface area contributed by atoms with Crippen molar-refractivity contribution in [2.24, 2.45) is 0 Å². The summed E-state index contributed by atoms with van der Waals surface area (Å²) in [5.41, 5.74) is 1.56. The number of hydrogen-bond donors (Lipinski definition) is 2. The third-order valence-corrected chi connectivity index (χ3v) is 8.18. The van der Waals surface area contributed by atoms with Gasteiger partial charge < -0.3 is 26.3 Å². The summed E-state index contributed by atoms with van der Waals surface area (Å²) >= 11 is 5.88. The number of carbonyl (C=O) groups excluding carboxylic acids is 1. The smallest absolute Gasteiger partial charge is 0.227 e. The van der Waals surface area contributed by atoms with Crippen LogP contribution in [0.2, 0.25) is 5.02 Å². The second-order valence-electron chi connectivity index (χ2n) is 8.70. The summed E-state index contributed by atoms with van der Waals surface area (Å²) in [4.78, 5) is 30.4. The molecule has 0 saturated heterocycles. The summed E-state index contributed by atoms with van der Waals surface area (Å²) < 4.78 is 40.3. The van der Waals surface area contributed by atoms with Gasteiger partial charge in [0.1, 0.15) is 10.7 Å². The van der Waals surface area contributed by atoms with Crippen molar-refractivity contribution in [1.82, 2.24) is 26.1 Å². The van der Waals surface area contributed by atoms with Crippen LogP contribution in [0.4, 0.5) is 21.8 Å². The number of carboxylic acid groups (broad SMARTS) is 1. The molecule has 0 saturated carbocycles. The van der Waals surface area contributed by atoms with Crippen LogP contribution in [0.15, 0.2) is 41.6 Å². The molecule has 0 spiro atoms. The minimum Gasteiger partial charge on any atom is -0.550 e. The lowest BCUT2D eigenvalue weighted by molar-refractivity contribution is -0.304. The van der Waals surface area contributed by atoms with Crippen molar-refractivity contribution in [3.8, 4) is 0 Å². The molecular weight excluding hydrogens is 537 g/mol. The highest BCUT2D eigenvalue weighted by atomic mass is 35.5. The second-order valence-corrected chi connectivity index (χ2v) is 11.2. The Morgan fingerprint density at radius 1 is 1.18 bits per heavy atom. The number of hydrogen-bond acceptors (Lipinski definition) is 10. The highest BCUT2D eigenvalue weighted by Gasteiger charge is 2.31. The number of nitrogens with zero attached hydrogens (tertiary/aromatic N) is 5. The van der Waals surface area contributed by atoms with Gasteiger partial charge >= 0.3 is 0 Å². The Kier molecular flexibility index (Phi) is 7.90. The van der Waals surface area contributed by atoms with Crippen LogP contribution in [-0.4, -0.2) is 53.2 Å². The molecule has 2 aromatic heterocycles. The fourth-order valence-electron chi connectivity index (χ4n) is 4.33. The topological polar surface area (TPSA) is 178 Å². The molecule has 4 heterocycles. The van der Waals surface area contributed by atoms with Crippen LogP contribution in [0, 0.1) is 5.82 Å². The lowest BCUT2D eigenvalue weighted by Crippen LogP contribution is -2.31. The van der Waals surface area contributed by atoms with Crippen LogP contribution in [0.1, 0.15) is 29.9 Å². The molecular formula is C24H25ClFN7O4S. The van der Waals surface area contributed by atoms with Gasteiger partial charge in [-0.05, 0) is 42.5 Å². The standard InChI is InChI=1S/C24H22ClFN6O4S.H3N/c25-16-12-27-22(28-13-16)14-5-7-32(8-6-14)24-30-19-2-1-9-37(35,36)21(19)23(31-24)29-17-4-3-15(10-20(33)34)18(26)11-17;/h3-5,11-13H,1-2,6-10H2,(H,33,34)(H,29,30,31);1H3. The predicted molar refractivity (Wildman–Crippen MR) is 139 cm³/mol. The Balaban J connectivity index is 0.00000336. The quantitative estimate of drug-likeness (QED) is 0.454. The van der Waals surface area contributed by atoms with Gasteiger partial charge in [0.05, 0.1) is 16.5 Å². The maximum absolute atomic E-state index is 14.5. The summed E-state index contributed by atoms with van der Waals surface area (Å²) in [6, 6.07) is 3.88. The van der Waals surface area contributed by atoms with E-state index in [9.17, 15) is 22.7 Å². The van der Waals surface area contributed by atoms with Gasteiger partial charge in [-0.1, -0.05) is 23.7 Å². The Hall–Kier alpha value is -3.68. The van der Waals surface area contributed by atoms with Gasteiger partial charge in [-0.2, -0.15) is 4.98 Å². The zero-order valence-electron chi connectivity index (χ0n) is 20.4. The third-order valence-electron chi connectivity index (χ3n) is 6.11. The van der Waals surface area contributed by atoms with E-state index < -0.39 is 28.0 Å². The zero-order valence-corrected chi connectivity index (χ0v) is 22.0. The van der Waals surface area contributed by atoms with Gasteiger partial charge in [0.25, 0.3) is 0 Å². The Labute approximate surface area is 223 Å². The molecule has 0 fully saturated rings. The summed E-state index contributed by atoms with van der Waals surface area (Å²) in [7, 11) is -3.65. The first-order valence-electron chi connectivity index (χ1n) is 11.5. The van der Waals surface area contributed by atoms with Crippen LogP contribution in [0.25, 0.3) is 5.57 Å². The fraction of sp³-hybridized carbons (Fsp3) is 0.292. The van der Waals surface area contributed by atoms with Crippen molar-refractivity contribution in [2.45, 2.75) is 30.6 Å². The predicted octanol–water partition coefficient (Wildman–Crippen LogP) is 2.48. The molecule has 0 unspecified atom stereocenters. The number of carbonyl (C=O) groups is 1. The first-order chi connectivity index (χ1) is 17.7. The van der Waals surface area contributed by atoms with Crippen LogP contribution in [0.5, 0.6) is 0 Å². The normalized spacial score (nSPS) is 16.2. The molecule has 0 amide bonds. The van der Waals surface area contributed by atoms with E-state index in [1.54, 1.807) is 0 Å². The summed E-state index contributed by atoms with van der Waals surface area (Å²) in [5.74, 6) is -1.19. The van der Waals surface area contributed by atoms with E-state index in [1.807, 2.05) is 11.0 Å². The molecule has 2 aliphatic rings. The number of carboxylic acids is 1.